The van der Waals surface area contributed by atoms with Crippen LogP contribution in [0.25, 0.3) is 10.9 Å². The molecule has 2 heterocycles. The fourth-order valence-electron chi connectivity index (χ4n) is 1.86. The molecule has 0 atom stereocenters. The van der Waals surface area contributed by atoms with E-state index in [9.17, 15) is 4.79 Å². The molecule has 6 heteroatoms. The van der Waals surface area contributed by atoms with Gasteiger partial charge in [0.25, 0.3) is 5.56 Å². The van der Waals surface area contributed by atoms with Gasteiger partial charge in [-0.15, -0.1) is 10.2 Å². The Labute approximate surface area is 113 Å². The molecule has 0 fully saturated rings. The number of pyridine rings is 1. The average Bonchev–Trinajstić information content (AvgIpc) is 2.82. The van der Waals surface area contributed by atoms with Crippen molar-refractivity contribution >= 4 is 27.4 Å². The maximum Gasteiger partial charge on any atom is 0.253 e. The SMILES string of the molecule is Cc1nnc(NCc2cc3ccccc3[nH]c2=O)s1. The Morgan fingerprint density at radius 2 is 2.16 bits per heavy atom. The summed E-state index contributed by atoms with van der Waals surface area (Å²) < 4.78 is 0. The molecule has 0 amide bonds. The van der Waals surface area contributed by atoms with Gasteiger partial charge >= 0.3 is 0 Å². The van der Waals surface area contributed by atoms with Gasteiger partial charge in [-0.25, -0.2) is 0 Å². The van der Waals surface area contributed by atoms with Crippen molar-refractivity contribution in [3.05, 3.63) is 51.3 Å². The third-order valence-electron chi connectivity index (χ3n) is 2.79. The maximum absolute atomic E-state index is 11.9. The number of para-hydroxylation sites is 1. The van der Waals surface area contributed by atoms with Gasteiger partial charge < -0.3 is 10.3 Å². The Kier molecular flexibility index (Phi) is 3.00. The fraction of sp³-hybridized carbons (Fsp3) is 0.154. The van der Waals surface area contributed by atoms with Crippen molar-refractivity contribution < 1.29 is 0 Å². The number of aromatic amines is 1. The van der Waals surface area contributed by atoms with Crippen LogP contribution in [0.3, 0.4) is 0 Å². The molecule has 19 heavy (non-hydrogen) atoms. The van der Waals surface area contributed by atoms with E-state index in [0.717, 1.165) is 21.0 Å². The van der Waals surface area contributed by atoms with Crippen LogP contribution in [-0.2, 0) is 6.54 Å². The molecule has 0 unspecified atom stereocenters. The summed E-state index contributed by atoms with van der Waals surface area (Å²) in [7, 11) is 0. The Morgan fingerprint density at radius 1 is 1.32 bits per heavy atom. The van der Waals surface area contributed by atoms with Crippen LogP contribution in [0, 0.1) is 6.92 Å². The molecule has 96 valence electrons. The van der Waals surface area contributed by atoms with Gasteiger partial charge in [0.1, 0.15) is 5.01 Å². The zero-order chi connectivity index (χ0) is 13.2. The first-order chi connectivity index (χ1) is 9.22. The summed E-state index contributed by atoms with van der Waals surface area (Å²) in [6.07, 6.45) is 0. The Bertz CT molecular complexity index is 777. The summed E-state index contributed by atoms with van der Waals surface area (Å²) in [5.41, 5.74) is 1.46. The van der Waals surface area contributed by atoms with E-state index in [1.165, 1.54) is 11.3 Å². The molecule has 0 aliphatic rings. The van der Waals surface area contributed by atoms with Gasteiger partial charge in [-0.1, -0.05) is 29.5 Å². The Morgan fingerprint density at radius 3 is 2.95 bits per heavy atom. The lowest BCUT2D eigenvalue weighted by Gasteiger charge is -2.03. The van der Waals surface area contributed by atoms with E-state index in [1.807, 2.05) is 37.3 Å². The first-order valence-corrected chi connectivity index (χ1v) is 6.69. The minimum absolute atomic E-state index is 0.0764. The largest absolute Gasteiger partial charge is 0.356 e. The van der Waals surface area contributed by atoms with Gasteiger partial charge in [-0.05, 0) is 24.4 Å². The highest BCUT2D eigenvalue weighted by molar-refractivity contribution is 7.15. The second kappa shape index (κ2) is 4.81. The number of rotatable bonds is 3. The van der Waals surface area contributed by atoms with Crippen molar-refractivity contribution in [2.45, 2.75) is 13.5 Å². The Hall–Kier alpha value is -2.21. The lowest BCUT2D eigenvalue weighted by Crippen LogP contribution is -2.15. The molecule has 5 nitrogen and oxygen atoms in total. The average molecular weight is 272 g/mol. The minimum atomic E-state index is -0.0764. The van der Waals surface area contributed by atoms with Crippen LogP contribution in [0.4, 0.5) is 5.13 Å². The molecular formula is C13H12N4OS. The molecule has 2 aromatic heterocycles. The number of anilines is 1. The number of nitrogens with one attached hydrogen (secondary N) is 2. The highest BCUT2D eigenvalue weighted by Crippen LogP contribution is 2.15. The number of benzene rings is 1. The first kappa shape index (κ1) is 11.9. The smallest absolute Gasteiger partial charge is 0.253 e. The minimum Gasteiger partial charge on any atom is -0.356 e. The van der Waals surface area contributed by atoms with Crippen molar-refractivity contribution in [3.63, 3.8) is 0 Å². The van der Waals surface area contributed by atoms with Crippen molar-refractivity contribution in [2.24, 2.45) is 0 Å². The summed E-state index contributed by atoms with van der Waals surface area (Å²) in [6, 6.07) is 9.62. The van der Waals surface area contributed by atoms with Crippen molar-refractivity contribution in [1.29, 1.82) is 0 Å². The summed E-state index contributed by atoms with van der Waals surface area (Å²) in [5.74, 6) is 0. The summed E-state index contributed by atoms with van der Waals surface area (Å²) >= 11 is 1.47. The fourth-order valence-corrected chi connectivity index (χ4v) is 2.45. The molecule has 1 aromatic carbocycles. The number of aryl methyl sites for hydroxylation is 1. The molecule has 0 aliphatic heterocycles. The predicted octanol–water partition coefficient (Wildman–Crippen LogP) is 2.30. The number of aromatic nitrogens is 3. The van der Waals surface area contributed by atoms with Crippen LogP contribution in [0.5, 0.6) is 0 Å². The highest BCUT2D eigenvalue weighted by atomic mass is 32.1. The van der Waals surface area contributed by atoms with E-state index in [-0.39, 0.29) is 5.56 Å². The van der Waals surface area contributed by atoms with Gasteiger partial charge in [0.2, 0.25) is 5.13 Å². The molecule has 0 radical (unpaired) electrons. The van der Waals surface area contributed by atoms with Gasteiger partial charge in [0, 0.05) is 17.6 Å². The van der Waals surface area contributed by atoms with E-state index in [4.69, 9.17) is 0 Å². The van der Waals surface area contributed by atoms with Crippen LogP contribution in [0.15, 0.2) is 35.1 Å². The number of H-pyrrole nitrogens is 1. The number of nitrogens with zero attached hydrogens (tertiary/aromatic N) is 2. The van der Waals surface area contributed by atoms with E-state index in [2.05, 4.69) is 20.5 Å². The second-order valence-electron chi connectivity index (χ2n) is 4.19. The van der Waals surface area contributed by atoms with Gasteiger partial charge in [-0.2, -0.15) is 0 Å². The second-order valence-corrected chi connectivity index (χ2v) is 5.37. The standard InChI is InChI=1S/C13H12N4OS/c1-8-16-17-13(19-8)14-7-10-6-9-4-2-3-5-11(9)15-12(10)18/h2-6H,7H2,1H3,(H,14,17)(H,15,18). The van der Waals surface area contributed by atoms with Crippen molar-refractivity contribution in [2.75, 3.05) is 5.32 Å². The highest BCUT2D eigenvalue weighted by Gasteiger charge is 2.04. The zero-order valence-electron chi connectivity index (χ0n) is 10.3. The molecule has 0 aliphatic carbocycles. The van der Waals surface area contributed by atoms with E-state index in [1.54, 1.807) is 0 Å². The molecular weight excluding hydrogens is 260 g/mol. The molecule has 0 saturated heterocycles. The normalized spacial score (nSPS) is 10.8. The third-order valence-corrected chi connectivity index (χ3v) is 3.58. The van der Waals surface area contributed by atoms with Crippen LogP contribution in [0.2, 0.25) is 0 Å². The van der Waals surface area contributed by atoms with Crippen LogP contribution in [-0.4, -0.2) is 15.2 Å². The summed E-state index contributed by atoms with van der Waals surface area (Å²) in [6.45, 7) is 2.33. The maximum atomic E-state index is 11.9. The molecule has 3 aromatic rings. The molecule has 0 spiro atoms. The van der Waals surface area contributed by atoms with E-state index < -0.39 is 0 Å². The predicted molar refractivity (Wildman–Crippen MR) is 76.5 cm³/mol. The van der Waals surface area contributed by atoms with Gasteiger partial charge in [-0.3, -0.25) is 4.79 Å². The van der Waals surface area contributed by atoms with E-state index >= 15 is 0 Å². The molecule has 0 bridgehead atoms. The van der Waals surface area contributed by atoms with Gasteiger partial charge in [0.15, 0.2) is 0 Å². The third kappa shape index (κ3) is 2.48. The lowest BCUT2D eigenvalue weighted by atomic mass is 10.1. The Balaban J connectivity index is 1.88. The van der Waals surface area contributed by atoms with Crippen molar-refractivity contribution in [1.82, 2.24) is 15.2 Å². The molecule has 2 N–H and O–H groups in total. The van der Waals surface area contributed by atoms with Crippen LogP contribution in [0.1, 0.15) is 10.6 Å². The number of hydrogen-bond acceptors (Lipinski definition) is 5. The zero-order valence-corrected chi connectivity index (χ0v) is 11.1. The number of hydrogen-bond donors (Lipinski definition) is 2. The summed E-state index contributed by atoms with van der Waals surface area (Å²) in [5, 5.41) is 13.6. The molecule has 3 rings (SSSR count). The van der Waals surface area contributed by atoms with Crippen LogP contribution >= 0.6 is 11.3 Å². The molecule has 0 saturated carbocycles. The first-order valence-electron chi connectivity index (χ1n) is 5.87. The van der Waals surface area contributed by atoms with Gasteiger partial charge in [0.05, 0.1) is 0 Å². The lowest BCUT2D eigenvalue weighted by molar-refractivity contribution is 1.02. The van der Waals surface area contributed by atoms with Crippen molar-refractivity contribution in [3.8, 4) is 0 Å². The monoisotopic (exact) mass is 272 g/mol. The van der Waals surface area contributed by atoms with Crippen LogP contribution < -0.4 is 10.9 Å². The summed E-state index contributed by atoms with van der Waals surface area (Å²) in [4.78, 5) is 14.8. The number of fused-ring (bicyclic) bond motifs is 1. The quantitative estimate of drug-likeness (QED) is 0.767. The van der Waals surface area contributed by atoms with E-state index in [0.29, 0.717) is 12.1 Å². The topological polar surface area (TPSA) is 70.7 Å².